The summed E-state index contributed by atoms with van der Waals surface area (Å²) in [6.45, 7) is 4.56. The summed E-state index contributed by atoms with van der Waals surface area (Å²) >= 11 is 0. The maximum atomic E-state index is 12.8. The number of nitrogens with one attached hydrogen (secondary N) is 2. The third kappa shape index (κ3) is 7.15. The lowest BCUT2D eigenvalue weighted by atomic mass is 9.98. The third-order valence-corrected chi connectivity index (χ3v) is 9.61. The number of carbonyl (C=O) groups is 1. The first-order valence-electron chi connectivity index (χ1n) is 16.8. The second kappa shape index (κ2) is 14.3. The smallest absolute Gasteiger partial charge is 0.326 e. The van der Waals surface area contributed by atoms with Crippen LogP contribution in [0.2, 0.25) is 0 Å². The number of piperidine rings is 1. The minimum absolute atomic E-state index is 0.00326. The van der Waals surface area contributed by atoms with Gasteiger partial charge in [-0.05, 0) is 58.9 Å². The van der Waals surface area contributed by atoms with Gasteiger partial charge >= 0.3 is 5.69 Å². The number of imidazole rings is 1. The number of likely N-dealkylation sites (tertiary alicyclic amines) is 1. The fourth-order valence-electron chi connectivity index (χ4n) is 7.04. The molecule has 0 bridgehead atoms. The summed E-state index contributed by atoms with van der Waals surface area (Å²) in [7, 11) is 0. The highest BCUT2D eigenvalue weighted by molar-refractivity contribution is 5.75. The Morgan fingerprint density at radius 3 is 2.38 bits per heavy atom. The molecule has 7 rings (SSSR count). The van der Waals surface area contributed by atoms with Gasteiger partial charge in [-0.25, -0.2) is 4.79 Å². The number of amides is 1. The van der Waals surface area contributed by atoms with Crippen LogP contribution < -0.4 is 11.0 Å². The number of carbonyl (C=O) groups excluding carboxylic acids is 1. The van der Waals surface area contributed by atoms with Gasteiger partial charge in [0.2, 0.25) is 5.91 Å². The van der Waals surface area contributed by atoms with Crippen LogP contribution in [0.3, 0.4) is 0 Å². The van der Waals surface area contributed by atoms with E-state index in [9.17, 15) is 14.7 Å². The first kappa shape index (κ1) is 32.0. The van der Waals surface area contributed by atoms with Crippen molar-refractivity contribution in [2.45, 2.75) is 63.9 Å². The fourth-order valence-corrected chi connectivity index (χ4v) is 7.04. The molecule has 0 unspecified atom stereocenters. The van der Waals surface area contributed by atoms with Crippen molar-refractivity contribution >= 4 is 16.9 Å². The molecule has 3 heterocycles. The van der Waals surface area contributed by atoms with Crippen molar-refractivity contribution in [3.05, 3.63) is 130 Å². The van der Waals surface area contributed by atoms with E-state index in [2.05, 4.69) is 51.6 Å². The third-order valence-electron chi connectivity index (χ3n) is 9.61. The molecule has 48 heavy (non-hydrogen) atoms. The zero-order valence-electron chi connectivity index (χ0n) is 27.2. The van der Waals surface area contributed by atoms with Crippen LogP contribution in [0.25, 0.3) is 22.2 Å². The quantitative estimate of drug-likeness (QED) is 0.181. The summed E-state index contributed by atoms with van der Waals surface area (Å²) in [5.41, 5.74) is 7.89. The molecule has 248 valence electrons. The molecule has 0 spiro atoms. The molecule has 1 amide bonds. The van der Waals surface area contributed by atoms with Crippen molar-refractivity contribution in [2.75, 3.05) is 19.6 Å². The van der Waals surface area contributed by atoms with Crippen LogP contribution in [0.5, 0.6) is 0 Å². The van der Waals surface area contributed by atoms with Crippen LogP contribution in [0, 0.1) is 0 Å². The van der Waals surface area contributed by atoms with E-state index in [4.69, 9.17) is 9.47 Å². The van der Waals surface area contributed by atoms with Crippen molar-refractivity contribution < 1.29 is 19.4 Å². The second-order valence-electron chi connectivity index (χ2n) is 12.9. The normalized spacial score (nSPS) is 20.6. The van der Waals surface area contributed by atoms with E-state index in [1.54, 1.807) is 0 Å². The van der Waals surface area contributed by atoms with Gasteiger partial charge in [-0.2, -0.15) is 0 Å². The van der Waals surface area contributed by atoms with Gasteiger partial charge in [0.1, 0.15) is 0 Å². The van der Waals surface area contributed by atoms with E-state index in [0.29, 0.717) is 6.54 Å². The average molecular weight is 647 g/mol. The van der Waals surface area contributed by atoms with Crippen molar-refractivity contribution in [1.82, 2.24) is 19.8 Å². The summed E-state index contributed by atoms with van der Waals surface area (Å²) in [5, 5.41) is 12.4. The van der Waals surface area contributed by atoms with Gasteiger partial charge in [0, 0.05) is 51.1 Å². The molecule has 2 fully saturated rings. The molecule has 1 aromatic heterocycles. The van der Waals surface area contributed by atoms with Gasteiger partial charge in [0.25, 0.3) is 0 Å². The number of benzene rings is 4. The molecular formula is C39H42N4O5. The molecule has 3 N–H and O–H groups in total. The lowest BCUT2D eigenvalue weighted by Gasteiger charge is -2.40. The van der Waals surface area contributed by atoms with Crippen molar-refractivity contribution in [1.29, 1.82) is 0 Å². The molecule has 0 saturated carbocycles. The molecule has 2 aliphatic rings. The summed E-state index contributed by atoms with van der Waals surface area (Å²) in [6.07, 6.45) is 1.77. The number of rotatable bonds is 9. The van der Waals surface area contributed by atoms with E-state index in [1.807, 2.05) is 65.2 Å². The predicted octanol–water partition coefficient (Wildman–Crippen LogP) is 6.01. The summed E-state index contributed by atoms with van der Waals surface area (Å²) < 4.78 is 15.2. The molecule has 0 aliphatic carbocycles. The summed E-state index contributed by atoms with van der Waals surface area (Å²) in [4.78, 5) is 29.7. The number of aliphatic hydroxyl groups excluding tert-OH is 1. The van der Waals surface area contributed by atoms with E-state index in [1.165, 1.54) is 6.92 Å². The Kier molecular flexibility index (Phi) is 9.54. The molecule has 3 atom stereocenters. The molecule has 4 aromatic carbocycles. The predicted molar refractivity (Wildman–Crippen MR) is 185 cm³/mol. The Morgan fingerprint density at radius 1 is 0.875 bits per heavy atom. The molecular weight excluding hydrogens is 604 g/mol. The van der Waals surface area contributed by atoms with Crippen molar-refractivity contribution in [3.63, 3.8) is 0 Å². The van der Waals surface area contributed by atoms with E-state index >= 15 is 0 Å². The number of para-hydroxylation sites is 2. The molecule has 0 radical (unpaired) electrons. The molecule has 2 aliphatic heterocycles. The van der Waals surface area contributed by atoms with Gasteiger partial charge < -0.3 is 29.8 Å². The number of nitrogens with zero attached hydrogens (tertiary/aromatic N) is 2. The van der Waals surface area contributed by atoms with Crippen molar-refractivity contribution in [3.8, 4) is 11.1 Å². The fraction of sp³-hybridized carbons (Fsp3) is 0.333. The van der Waals surface area contributed by atoms with Gasteiger partial charge in [0.05, 0.1) is 29.8 Å². The van der Waals surface area contributed by atoms with Crippen molar-refractivity contribution in [2.24, 2.45) is 0 Å². The van der Waals surface area contributed by atoms with Gasteiger partial charge in [-0.15, -0.1) is 0 Å². The number of aliphatic hydroxyl groups is 1. The number of hydrogen-bond acceptors (Lipinski definition) is 6. The first-order valence-corrected chi connectivity index (χ1v) is 16.8. The zero-order chi connectivity index (χ0) is 33.0. The van der Waals surface area contributed by atoms with Gasteiger partial charge in [-0.1, -0.05) is 78.9 Å². The van der Waals surface area contributed by atoms with Crippen LogP contribution in [0.15, 0.2) is 102 Å². The minimum atomic E-state index is -0.534. The number of fused-ring (bicyclic) bond motifs is 1. The number of aromatic nitrogens is 2. The lowest BCUT2D eigenvalue weighted by molar-refractivity contribution is -0.253. The minimum Gasteiger partial charge on any atom is -0.392 e. The summed E-state index contributed by atoms with van der Waals surface area (Å²) in [5.74, 6) is -0.0510. The zero-order valence-corrected chi connectivity index (χ0v) is 27.2. The highest BCUT2D eigenvalue weighted by Gasteiger charge is 2.34. The number of hydrogen-bond donors (Lipinski definition) is 3. The highest BCUT2D eigenvalue weighted by atomic mass is 16.7. The Morgan fingerprint density at radius 2 is 1.62 bits per heavy atom. The van der Waals surface area contributed by atoms with E-state index < -0.39 is 6.29 Å². The van der Waals surface area contributed by atoms with E-state index in [0.717, 1.165) is 83.3 Å². The van der Waals surface area contributed by atoms with Crippen LogP contribution in [0.1, 0.15) is 66.9 Å². The number of ether oxygens (including phenoxy) is 2. The molecule has 5 aromatic rings. The standard InChI is InChI=1S/C39H42N4O5/c1-26(45)40-23-28-5-4-6-32(21-28)29-13-15-31(16-14-29)38-47-34(22-37(48-38)30-11-9-27(25-44)10-12-30)24-42-19-17-33(18-20-42)43-36-8-3-2-7-35(36)41-39(43)46/h2-16,21,33-34,37-38,44H,17-20,22-25H2,1H3,(H,40,45)(H,41,46)/t34-,37+,38+/m0/s1. The Labute approximate surface area is 280 Å². The Bertz CT molecular complexity index is 1910. The van der Waals surface area contributed by atoms with Gasteiger partial charge in [-0.3, -0.25) is 9.36 Å². The lowest BCUT2D eigenvalue weighted by Crippen LogP contribution is -2.43. The van der Waals surface area contributed by atoms with Crippen LogP contribution in [-0.2, 0) is 27.4 Å². The monoisotopic (exact) mass is 646 g/mol. The topological polar surface area (TPSA) is 109 Å². The SMILES string of the molecule is CC(=O)NCc1cccc(-c2ccc([C@@H]3O[C@H](CN4CCC(n5c(=O)[nH]c6ccccc65)CC4)C[C@H](c4ccc(CO)cc4)O3)cc2)c1. The van der Waals surface area contributed by atoms with Crippen LogP contribution >= 0.6 is 0 Å². The maximum Gasteiger partial charge on any atom is 0.326 e. The number of H-pyrrole nitrogens is 1. The number of aromatic amines is 1. The van der Waals surface area contributed by atoms with Crippen LogP contribution in [-0.4, -0.2) is 51.2 Å². The average Bonchev–Trinajstić information content (AvgIpc) is 3.46. The highest BCUT2D eigenvalue weighted by Crippen LogP contribution is 2.39. The van der Waals surface area contributed by atoms with Gasteiger partial charge in [0.15, 0.2) is 6.29 Å². The molecule has 9 heteroatoms. The van der Waals surface area contributed by atoms with Crippen LogP contribution in [0.4, 0.5) is 0 Å². The first-order chi connectivity index (χ1) is 23.4. The largest absolute Gasteiger partial charge is 0.392 e. The summed E-state index contributed by atoms with van der Waals surface area (Å²) in [6, 6.07) is 32.5. The molecule has 9 nitrogen and oxygen atoms in total. The Balaban J connectivity index is 1.06. The Hall–Kier alpha value is -4.54. The molecule has 2 saturated heterocycles. The second-order valence-corrected chi connectivity index (χ2v) is 12.9. The van der Waals surface area contributed by atoms with E-state index in [-0.39, 0.29) is 36.5 Å². The maximum absolute atomic E-state index is 12.8.